The Bertz CT molecular complexity index is 667. The van der Waals surface area contributed by atoms with Gasteiger partial charge in [0.1, 0.15) is 5.52 Å². The lowest BCUT2D eigenvalue weighted by molar-refractivity contribution is 0.0648. The summed E-state index contributed by atoms with van der Waals surface area (Å²) in [5, 5.41) is 17.7. The lowest BCUT2D eigenvalue weighted by atomic mass is 10.0. The third-order valence-corrected chi connectivity index (χ3v) is 4.39. The maximum Gasteiger partial charge on any atom is 0.254 e. The van der Waals surface area contributed by atoms with Crippen molar-refractivity contribution in [1.82, 2.24) is 19.9 Å². The second-order valence-electron chi connectivity index (χ2n) is 5.62. The standard InChI is InChI=1S/C15H20N4O2/c1-3-19-13-5-4-11(8-12(13)16-17-19)15(21)18-7-6-10(2)14(18)9-20/h4-5,8,10,14,20H,3,6-7,9H2,1-2H3. The fraction of sp³-hybridized carbons (Fsp3) is 0.533. The van der Waals surface area contributed by atoms with Gasteiger partial charge in [0.05, 0.1) is 18.2 Å². The second kappa shape index (κ2) is 5.44. The van der Waals surface area contributed by atoms with Crippen molar-refractivity contribution >= 4 is 16.9 Å². The minimum absolute atomic E-state index is 0.0150. The van der Waals surface area contributed by atoms with Crippen molar-refractivity contribution in [2.45, 2.75) is 32.9 Å². The molecule has 2 heterocycles. The van der Waals surface area contributed by atoms with Gasteiger partial charge in [0.15, 0.2) is 0 Å². The molecule has 0 radical (unpaired) electrons. The highest BCUT2D eigenvalue weighted by Gasteiger charge is 2.34. The van der Waals surface area contributed by atoms with Crippen molar-refractivity contribution in [2.75, 3.05) is 13.2 Å². The minimum atomic E-state index is -0.0838. The van der Waals surface area contributed by atoms with Crippen LogP contribution < -0.4 is 0 Å². The van der Waals surface area contributed by atoms with Crippen LogP contribution in [-0.2, 0) is 6.54 Å². The molecule has 1 fully saturated rings. The van der Waals surface area contributed by atoms with E-state index in [1.165, 1.54) is 0 Å². The molecule has 1 aromatic carbocycles. The minimum Gasteiger partial charge on any atom is -0.394 e. The number of carbonyl (C=O) groups is 1. The summed E-state index contributed by atoms with van der Waals surface area (Å²) in [7, 11) is 0. The van der Waals surface area contributed by atoms with Gasteiger partial charge < -0.3 is 10.0 Å². The number of likely N-dealkylation sites (tertiary alicyclic amines) is 1. The number of fused-ring (bicyclic) bond motifs is 1. The zero-order chi connectivity index (χ0) is 15.0. The average molecular weight is 288 g/mol. The van der Waals surface area contributed by atoms with Crippen molar-refractivity contribution in [3.63, 3.8) is 0 Å². The molecule has 0 bridgehead atoms. The molecule has 1 aliphatic heterocycles. The van der Waals surface area contributed by atoms with Gasteiger partial charge in [0.2, 0.25) is 0 Å². The number of nitrogens with zero attached hydrogens (tertiary/aromatic N) is 4. The predicted octanol–water partition coefficient (Wildman–Crippen LogP) is 1.29. The quantitative estimate of drug-likeness (QED) is 0.924. The second-order valence-corrected chi connectivity index (χ2v) is 5.62. The summed E-state index contributed by atoms with van der Waals surface area (Å²) in [6.45, 7) is 5.54. The zero-order valence-electron chi connectivity index (χ0n) is 12.4. The molecule has 3 rings (SSSR count). The number of aromatic nitrogens is 3. The third-order valence-electron chi connectivity index (χ3n) is 4.39. The smallest absolute Gasteiger partial charge is 0.254 e. The molecule has 2 unspecified atom stereocenters. The molecule has 112 valence electrons. The zero-order valence-corrected chi connectivity index (χ0v) is 12.4. The van der Waals surface area contributed by atoms with Gasteiger partial charge in [-0.15, -0.1) is 5.10 Å². The molecule has 21 heavy (non-hydrogen) atoms. The van der Waals surface area contributed by atoms with Crippen molar-refractivity contribution in [3.05, 3.63) is 23.8 Å². The Labute approximate surface area is 123 Å². The lowest BCUT2D eigenvalue weighted by Crippen LogP contribution is -2.39. The Kier molecular flexibility index (Phi) is 3.63. The van der Waals surface area contributed by atoms with E-state index >= 15 is 0 Å². The van der Waals surface area contributed by atoms with Crippen LogP contribution in [0.2, 0.25) is 0 Å². The van der Waals surface area contributed by atoms with Gasteiger partial charge in [0.25, 0.3) is 5.91 Å². The third kappa shape index (κ3) is 2.29. The SMILES string of the molecule is CCn1nnc2cc(C(=O)N3CCC(C)C3CO)ccc21. The van der Waals surface area contributed by atoms with Crippen LogP contribution >= 0.6 is 0 Å². The first-order valence-corrected chi connectivity index (χ1v) is 7.40. The Hall–Kier alpha value is -1.95. The van der Waals surface area contributed by atoms with Crippen LogP contribution in [0.1, 0.15) is 30.6 Å². The Morgan fingerprint density at radius 3 is 3.00 bits per heavy atom. The molecule has 0 saturated carbocycles. The fourth-order valence-corrected chi connectivity index (χ4v) is 3.04. The summed E-state index contributed by atoms with van der Waals surface area (Å²) in [6.07, 6.45) is 0.936. The largest absolute Gasteiger partial charge is 0.394 e. The molecule has 1 saturated heterocycles. The molecule has 6 heteroatoms. The first-order chi connectivity index (χ1) is 10.2. The van der Waals surface area contributed by atoms with Crippen molar-refractivity contribution < 1.29 is 9.90 Å². The summed E-state index contributed by atoms with van der Waals surface area (Å²) >= 11 is 0. The number of amides is 1. The van der Waals surface area contributed by atoms with Crippen molar-refractivity contribution in [2.24, 2.45) is 5.92 Å². The average Bonchev–Trinajstić information content (AvgIpc) is 3.08. The normalized spacial score (nSPS) is 22.1. The highest BCUT2D eigenvalue weighted by molar-refractivity contribution is 5.97. The van der Waals surface area contributed by atoms with Crippen LogP contribution in [0.15, 0.2) is 18.2 Å². The van der Waals surface area contributed by atoms with Crippen molar-refractivity contribution in [1.29, 1.82) is 0 Å². The topological polar surface area (TPSA) is 71.2 Å². The molecule has 1 amide bonds. The summed E-state index contributed by atoms with van der Waals surface area (Å²) in [4.78, 5) is 14.4. The Morgan fingerprint density at radius 2 is 2.29 bits per heavy atom. The Balaban J connectivity index is 1.91. The summed E-state index contributed by atoms with van der Waals surface area (Å²) in [5.41, 5.74) is 2.27. The maximum absolute atomic E-state index is 12.6. The van der Waals surface area contributed by atoms with E-state index in [1.54, 1.807) is 15.6 Å². The van der Waals surface area contributed by atoms with Crippen LogP contribution in [0.4, 0.5) is 0 Å². The first-order valence-electron chi connectivity index (χ1n) is 7.40. The van der Waals surface area contributed by atoms with Crippen LogP contribution in [0.3, 0.4) is 0 Å². The first kappa shape index (κ1) is 14.0. The lowest BCUT2D eigenvalue weighted by Gasteiger charge is -2.25. The molecule has 0 spiro atoms. The summed E-state index contributed by atoms with van der Waals surface area (Å²) < 4.78 is 1.80. The van der Waals surface area contributed by atoms with Crippen LogP contribution in [0.25, 0.3) is 11.0 Å². The molecule has 6 nitrogen and oxygen atoms in total. The Morgan fingerprint density at radius 1 is 1.48 bits per heavy atom. The fourth-order valence-electron chi connectivity index (χ4n) is 3.04. The number of benzene rings is 1. The summed E-state index contributed by atoms with van der Waals surface area (Å²) in [5.74, 6) is 0.301. The van der Waals surface area contributed by atoms with Gasteiger partial charge in [-0.05, 0) is 37.5 Å². The van der Waals surface area contributed by atoms with Gasteiger partial charge in [-0.3, -0.25) is 4.79 Å². The van der Waals surface area contributed by atoms with E-state index in [9.17, 15) is 9.90 Å². The number of aliphatic hydroxyl groups excluding tert-OH is 1. The van der Waals surface area contributed by atoms with E-state index in [4.69, 9.17) is 0 Å². The highest BCUT2D eigenvalue weighted by Crippen LogP contribution is 2.26. The summed E-state index contributed by atoms with van der Waals surface area (Å²) in [6, 6.07) is 5.41. The van der Waals surface area contributed by atoms with E-state index in [0.29, 0.717) is 18.0 Å². The predicted molar refractivity (Wildman–Crippen MR) is 78.9 cm³/mol. The highest BCUT2D eigenvalue weighted by atomic mass is 16.3. The molecule has 0 aliphatic carbocycles. The van der Waals surface area contributed by atoms with Crippen LogP contribution in [0.5, 0.6) is 0 Å². The van der Waals surface area contributed by atoms with Gasteiger partial charge in [-0.25, -0.2) is 4.68 Å². The number of carbonyl (C=O) groups excluding carboxylic acids is 1. The molecule has 1 aromatic heterocycles. The number of hydrogen-bond acceptors (Lipinski definition) is 4. The molecular formula is C15H20N4O2. The van der Waals surface area contributed by atoms with Gasteiger partial charge in [-0.1, -0.05) is 12.1 Å². The maximum atomic E-state index is 12.6. The van der Waals surface area contributed by atoms with Crippen molar-refractivity contribution in [3.8, 4) is 0 Å². The number of rotatable bonds is 3. The molecule has 2 atom stereocenters. The molecule has 1 N–H and O–H groups in total. The molecule has 2 aromatic rings. The monoisotopic (exact) mass is 288 g/mol. The van der Waals surface area contributed by atoms with E-state index in [0.717, 1.165) is 24.0 Å². The van der Waals surface area contributed by atoms with E-state index in [2.05, 4.69) is 17.2 Å². The molecule has 1 aliphatic rings. The van der Waals surface area contributed by atoms with Gasteiger partial charge in [0, 0.05) is 18.7 Å². The van der Waals surface area contributed by atoms with Gasteiger partial charge >= 0.3 is 0 Å². The van der Waals surface area contributed by atoms with E-state index < -0.39 is 0 Å². The number of aliphatic hydroxyl groups is 1. The van der Waals surface area contributed by atoms with E-state index in [-0.39, 0.29) is 18.6 Å². The molecular weight excluding hydrogens is 268 g/mol. The van der Waals surface area contributed by atoms with E-state index in [1.807, 2.05) is 19.1 Å². The van der Waals surface area contributed by atoms with Gasteiger partial charge in [-0.2, -0.15) is 0 Å². The number of aryl methyl sites for hydroxylation is 1. The number of hydrogen-bond donors (Lipinski definition) is 1. The van der Waals surface area contributed by atoms with Crippen LogP contribution in [0, 0.1) is 5.92 Å². The van der Waals surface area contributed by atoms with Crippen LogP contribution in [-0.4, -0.2) is 50.1 Å².